The van der Waals surface area contributed by atoms with Gasteiger partial charge in [-0.05, 0) is 6.42 Å². The minimum absolute atomic E-state index is 0. The van der Waals surface area contributed by atoms with E-state index < -0.39 is 0 Å². The van der Waals surface area contributed by atoms with E-state index in [1.807, 2.05) is 0 Å². The summed E-state index contributed by atoms with van der Waals surface area (Å²) >= 11 is 0. The van der Waals surface area contributed by atoms with Crippen LogP contribution in [-0.2, 0) is 4.79 Å². The minimum atomic E-state index is 0. The average Bonchev–Trinajstić information content (AvgIpc) is 1.84. The third kappa shape index (κ3) is 7.62. The van der Waals surface area contributed by atoms with Gasteiger partial charge in [0.25, 0.3) is 0 Å². The quantitative estimate of drug-likeness (QED) is 0.276. The standard InChI is InChI=1S/C7H16N2O.ClH/c1-4-5-9(2,3)6-8-7-10;/h7H,4-6H2,1-3H3;1H. The van der Waals surface area contributed by atoms with Crippen molar-refractivity contribution in [2.45, 2.75) is 13.3 Å². The van der Waals surface area contributed by atoms with Gasteiger partial charge in [-0.25, -0.2) is 0 Å². The van der Waals surface area contributed by atoms with Crippen LogP contribution in [0.15, 0.2) is 0 Å². The summed E-state index contributed by atoms with van der Waals surface area (Å²) in [6.45, 7) is 3.96. The predicted octanol–water partition coefficient (Wildman–Crippen LogP) is -2.82. The molecule has 0 aromatic rings. The van der Waals surface area contributed by atoms with Gasteiger partial charge < -0.3 is 22.2 Å². The molecule has 1 N–H and O–H groups in total. The molecule has 0 aromatic heterocycles. The molecule has 0 unspecified atom stereocenters. The van der Waals surface area contributed by atoms with Crippen molar-refractivity contribution in [1.29, 1.82) is 0 Å². The van der Waals surface area contributed by atoms with Gasteiger partial charge in [0.15, 0.2) is 6.67 Å². The Hall–Kier alpha value is -0.280. The van der Waals surface area contributed by atoms with E-state index in [1.54, 1.807) is 0 Å². The van der Waals surface area contributed by atoms with Crippen LogP contribution in [0.4, 0.5) is 0 Å². The van der Waals surface area contributed by atoms with Crippen LogP contribution < -0.4 is 17.7 Å². The summed E-state index contributed by atoms with van der Waals surface area (Å²) in [5.41, 5.74) is 0. The fraction of sp³-hybridized carbons (Fsp3) is 0.857. The molecule has 68 valence electrons. The lowest BCUT2D eigenvalue weighted by Gasteiger charge is -2.28. The lowest BCUT2D eigenvalue weighted by Crippen LogP contribution is -3.00. The average molecular weight is 181 g/mol. The normalized spacial score (nSPS) is 10.1. The third-order valence-corrected chi connectivity index (χ3v) is 1.43. The van der Waals surface area contributed by atoms with Crippen molar-refractivity contribution in [2.24, 2.45) is 0 Å². The molecule has 0 bridgehead atoms. The van der Waals surface area contributed by atoms with Crippen molar-refractivity contribution in [3.8, 4) is 0 Å². The Balaban J connectivity index is 0. The van der Waals surface area contributed by atoms with Gasteiger partial charge in [-0.2, -0.15) is 0 Å². The maximum atomic E-state index is 9.93. The fourth-order valence-electron chi connectivity index (χ4n) is 0.969. The van der Waals surface area contributed by atoms with Crippen LogP contribution in [0.2, 0.25) is 0 Å². The van der Waals surface area contributed by atoms with Crippen molar-refractivity contribution in [1.82, 2.24) is 5.32 Å². The van der Waals surface area contributed by atoms with Crippen LogP contribution in [0.1, 0.15) is 13.3 Å². The zero-order valence-electron chi connectivity index (χ0n) is 7.43. The van der Waals surface area contributed by atoms with Crippen molar-refractivity contribution in [3.05, 3.63) is 0 Å². The monoisotopic (exact) mass is 180 g/mol. The van der Waals surface area contributed by atoms with Crippen molar-refractivity contribution < 1.29 is 21.7 Å². The largest absolute Gasteiger partial charge is 1.00 e. The molecule has 0 spiro atoms. The Morgan fingerprint density at radius 1 is 1.45 bits per heavy atom. The van der Waals surface area contributed by atoms with Crippen LogP contribution in [0.3, 0.4) is 0 Å². The second-order valence-electron chi connectivity index (χ2n) is 3.14. The van der Waals surface area contributed by atoms with E-state index in [4.69, 9.17) is 0 Å². The summed E-state index contributed by atoms with van der Waals surface area (Å²) < 4.78 is 0.856. The smallest absolute Gasteiger partial charge is 0.211 e. The summed E-state index contributed by atoms with van der Waals surface area (Å²) in [5, 5.41) is 2.66. The number of nitrogens with zero attached hydrogens (tertiary/aromatic N) is 1. The molecular formula is C7H17ClN2O. The molecule has 0 heterocycles. The molecule has 0 saturated heterocycles. The van der Waals surface area contributed by atoms with Gasteiger partial charge in [-0.15, -0.1) is 0 Å². The molecule has 0 aromatic carbocycles. The Morgan fingerprint density at radius 2 is 2.00 bits per heavy atom. The van der Waals surface area contributed by atoms with Crippen LogP contribution >= 0.6 is 0 Å². The van der Waals surface area contributed by atoms with E-state index in [2.05, 4.69) is 26.3 Å². The summed E-state index contributed by atoms with van der Waals surface area (Å²) in [5.74, 6) is 0. The lowest BCUT2D eigenvalue weighted by atomic mass is 10.4. The molecule has 3 nitrogen and oxygen atoms in total. The highest BCUT2D eigenvalue weighted by Crippen LogP contribution is 1.94. The van der Waals surface area contributed by atoms with Crippen LogP contribution in [0.5, 0.6) is 0 Å². The molecule has 4 heteroatoms. The number of amides is 1. The predicted molar refractivity (Wildman–Crippen MR) is 41.3 cm³/mol. The van der Waals surface area contributed by atoms with Crippen molar-refractivity contribution in [2.75, 3.05) is 27.3 Å². The van der Waals surface area contributed by atoms with E-state index >= 15 is 0 Å². The first-order chi connectivity index (χ1) is 4.62. The highest BCUT2D eigenvalue weighted by atomic mass is 35.5. The zero-order chi connectivity index (χ0) is 8.04. The van der Waals surface area contributed by atoms with Gasteiger partial charge in [0.1, 0.15) is 0 Å². The lowest BCUT2D eigenvalue weighted by molar-refractivity contribution is -0.892. The van der Waals surface area contributed by atoms with Crippen LogP contribution in [0, 0.1) is 0 Å². The molecule has 11 heavy (non-hydrogen) atoms. The summed E-state index contributed by atoms with van der Waals surface area (Å²) in [6, 6.07) is 0. The van der Waals surface area contributed by atoms with Crippen molar-refractivity contribution in [3.63, 3.8) is 0 Å². The van der Waals surface area contributed by atoms with Gasteiger partial charge in [-0.3, -0.25) is 4.79 Å². The SMILES string of the molecule is CCC[N+](C)(C)CNC=O.[Cl-]. The topological polar surface area (TPSA) is 29.1 Å². The van der Waals surface area contributed by atoms with Gasteiger partial charge in [0.2, 0.25) is 6.41 Å². The number of nitrogens with one attached hydrogen (secondary N) is 1. The number of carbonyl (C=O) groups is 1. The Bertz CT molecular complexity index is 107. The first kappa shape index (κ1) is 13.3. The number of rotatable bonds is 5. The van der Waals surface area contributed by atoms with E-state index in [0.717, 1.165) is 30.5 Å². The Morgan fingerprint density at radius 3 is 2.36 bits per heavy atom. The van der Waals surface area contributed by atoms with Gasteiger partial charge >= 0.3 is 0 Å². The number of carbonyl (C=O) groups excluding carboxylic acids is 1. The first-order valence-corrected chi connectivity index (χ1v) is 3.61. The third-order valence-electron chi connectivity index (χ3n) is 1.43. The molecular weight excluding hydrogens is 164 g/mol. The molecule has 0 rings (SSSR count). The Labute approximate surface area is 74.8 Å². The molecule has 0 aliphatic heterocycles. The van der Waals surface area contributed by atoms with E-state index in [1.165, 1.54) is 0 Å². The molecule has 0 aliphatic rings. The molecule has 1 amide bonds. The van der Waals surface area contributed by atoms with E-state index in [9.17, 15) is 4.79 Å². The molecule has 0 saturated carbocycles. The number of hydrogen-bond acceptors (Lipinski definition) is 1. The first-order valence-electron chi connectivity index (χ1n) is 3.61. The van der Waals surface area contributed by atoms with Gasteiger partial charge in [0, 0.05) is 0 Å². The molecule has 0 radical (unpaired) electrons. The van der Waals surface area contributed by atoms with Crippen LogP contribution in [0.25, 0.3) is 0 Å². The second kappa shape index (κ2) is 6.43. The molecule has 0 atom stereocenters. The van der Waals surface area contributed by atoms with Crippen molar-refractivity contribution >= 4 is 6.41 Å². The number of halogens is 1. The van der Waals surface area contributed by atoms with Gasteiger partial charge in [-0.1, -0.05) is 6.92 Å². The fourth-order valence-corrected chi connectivity index (χ4v) is 0.969. The number of hydrogen-bond donors (Lipinski definition) is 1. The zero-order valence-corrected chi connectivity index (χ0v) is 8.19. The van der Waals surface area contributed by atoms with E-state index in [0.29, 0.717) is 0 Å². The van der Waals surface area contributed by atoms with Crippen LogP contribution in [-0.4, -0.2) is 38.2 Å². The highest BCUT2D eigenvalue weighted by Gasteiger charge is 2.10. The molecule has 0 aliphatic carbocycles. The summed E-state index contributed by atoms with van der Waals surface area (Å²) in [7, 11) is 4.19. The maximum absolute atomic E-state index is 9.93. The number of quaternary nitrogens is 1. The highest BCUT2D eigenvalue weighted by molar-refractivity contribution is 5.45. The maximum Gasteiger partial charge on any atom is 0.211 e. The molecule has 0 fully saturated rings. The summed E-state index contributed by atoms with van der Waals surface area (Å²) in [4.78, 5) is 9.93. The second-order valence-corrected chi connectivity index (χ2v) is 3.14. The van der Waals surface area contributed by atoms with Gasteiger partial charge in [0.05, 0.1) is 20.6 Å². The minimum Gasteiger partial charge on any atom is -1.00 e. The Kier molecular flexibility index (Phi) is 7.79. The van der Waals surface area contributed by atoms with E-state index in [-0.39, 0.29) is 12.4 Å². The summed E-state index contributed by atoms with van der Waals surface area (Å²) in [6.07, 6.45) is 1.89.